The Hall–Kier alpha value is -2.59. The summed E-state index contributed by atoms with van der Waals surface area (Å²) >= 11 is 15.7. The van der Waals surface area contributed by atoms with Crippen molar-refractivity contribution in [3.8, 4) is 0 Å². The summed E-state index contributed by atoms with van der Waals surface area (Å²) in [5.41, 5.74) is 0.955. The lowest BCUT2D eigenvalue weighted by Crippen LogP contribution is -2.52. The molecule has 40 heavy (non-hydrogen) atoms. The van der Waals surface area contributed by atoms with Gasteiger partial charge in [0.2, 0.25) is 11.8 Å². The molecule has 1 atom stereocenters. The van der Waals surface area contributed by atoms with Crippen molar-refractivity contribution in [2.24, 2.45) is 5.92 Å². The van der Waals surface area contributed by atoms with E-state index in [0.29, 0.717) is 38.7 Å². The first-order valence-corrected chi connectivity index (χ1v) is 15.8. The van der Waals surface area contributed by atoms with Crippen LogP contribution in [0.1, 0.15) is 32.8 Å². The number of hydrogen-bond acceptors (Lipinski definition) is 4. The fraction of sp³-hybridized carbons (Fsp3) is 0.310. The van der Waals surface area contributed by atoms with E-state index in [0.717, 1.165) is 4.31 Å². The van der Waals surface area contributed by atoms with Crippen LogP contribution in [0, 0.1) is 5.92 Å². The first-order valence-electron chi connectivity index (χ1n) is 12.8. The summed E-state index contributed by atoms with van der Waals surface area (Å²) in [6.07, 6.45) is 0.319. The van der Waals surface area contributed by atoms with Crippen LogP contribution in [-0.2, 0) is 26.2 Å². The fourth-order valence-electron chi connectivity index (χ4n) is 4.06. The standard InChI is InChI=1S/C29H32BrCl2N3O4S/c1-4-27(29(37)33-17-20(2)3)34(18-21-13-14-25(31)26(32)15-21)28(36)19-35(23-10-8-9-22(30)16-23)40(38,39)24-11-6-5-7-12-24/h5-16,20,27H,4,17-19H2,1-3H3,(H,33,37)/t27-/m1/s1. The van der Waals surface area contributed by atoms with Crippen LogP contribution in [0.15, 0.2) is 82.2 Å². The lowest BCUT2D eigenvalue weighted by molar-refractivity contribution is -0.140. The van der Waals surface area contributed by atoms with E-state index < -0.39 is 28.5 Å². The first kappa shape index (κ1) is 31.9. The molecule has 0 spiro atoms. The third-order valence-electron chi connectivity index (χ3n) is 6.11. The molecular weight excluding hydrogens is 637 g/mol. The van der Waals surface area contributed by atoms with Crippen molar-refractivity contribution in [3.63, 3.8) is 0 Å². The molecule has 0 fully saturated rings. The summed E-state index contributed by atoms with van der Waals surface area (Å²) in [6.45, 7) is 5.70. The molecule has 0 saturated heterocycles. The number of hydrogen-bond donors (Lipinski definition) is 1. The Morgan fingerprint density at radius 1 is 0.950 bits per heavy atom. The number of carbonyl (C=O) groups excluding carboxylic acids is 2. The molecule has 0 saturated carbocycles. The highest BCUT2D eigenvalue weighted by atomic mass is 79.9. The molecule has 3 aromatic rings. The minimum absolute atomic E-state index is 0.0288. The molecule has 11 heteroatoms. The van der Waals surface area contributed by atoms with Crippen molar-refractivity contribution in [1.82, 2.24) is 10.2 Å². The molecule has 0 radical (unpaired) electrons. The van der Waals surface area contributed by atoms with Crippen LogP contribution in [0.4, 0.5) is 5.69 Å². The third kappa shape index (κ3) is 8.22. The number of nitrogens with one attached hydrogen (secondary N) is 1. The van der Waals surface area contributed by atoms with Gasteiger partial charge >= 0.3 is 0 Å². The minimum Gasteiger partial charge on any atom is -0.354 e. The average Bonchev–Trinajstić information content (AvgIpc) is 2.92. The Kier molecular flexibility index (Phi) is 11.5. The number of rotatable bonds is 12. The van der Waals surface area contributed by atoms with Crippen molar-refractivity contribution in [2.75, 3.05) is 17.4 Å². The van der Waals surface area contributed by atoms with Gasteiger partial charge in [-0.15, -0.1) is 0 Å². The van der Waals surface area contributed by atoms with E-state index >= 15 is 0 Å². The highest BCUT2D eigenvalue weighted by molar-refractivity contribution is 9.10. The van der Waals surface area contributed by atoms with E-state index in [-0.39, 0.29) is 23.3 Å². The molecule has 3 aromatic carbocycles. The molecule has 2 amide bonds. The van der Waals surface area contributed by atoms with Gasteiger partial charge in [0.25, 0.3) is 10.0 Å². The predicted molar refractivity (Wildman–Crippen MR) is 164 cm³/mol. The number of anilines is 1. The summed E-state index contributed by atoms with van der Waals surface area (Å²) in [5, 5.41) is 3.58. The topological polar surface area (TPSA) is 86.8 Å². The Labute approximate surface area is 254 Å². The minimum atomic E-state index is -4.13. The largest absolute Gasteiger partial charge is 0.354 e. The number of carbonyl (C=O) groups is 2. The van der Waals surface area contributed by atoms with E-state index in [4.69, 9.17) is 23.2 Å². The second-order valence-electron chi connectivity index (χ2n) is 9.64. The van der Waals surface area contributed by atoms with Crippen molar-refractivity contribution < 1.29 is 18.0 Å². The molecule has 7 nitrogen and oxygen atoms in total. The number of nitrogens with zero attached hydrogens (tertiary/aromatic N) is 2. The van der Waals surface area contributed by atoms with E-state index in [1.807, 2.05) is 20.8 Å². The van der Waals surface area contributed by atoms with Gasteiger partial charge in [-0.25, -0.2) is 8.42 Å². The Morgan fingerprint density at radius 3 is 2.25 bits per heavy atom. The SMILES string of the molecule is CC[C@H](C(=O)NCC(C)C)N(Cc1ccc(Cl)c(Cl)c1)C(=O)CN(c1cccc(Br)c1)S(=O)(=O)c1ccccc1. The molecule has 0 aliphatic carbocycles. The highest BCUT2D eigenvalue weighted by Crippen LogP contribution is 2.28. The zero-order valence-corrected chi connectivity index (χ0v) is 26.4. The first-order chi connectivity index (χ1) is 18.9. The molecule has 0 bridgehead atoms. The molecule has 1 N–H and O–H groups in total. The number of amides is 2. The third-order valence-corrected chi connectivity index (χ3v) is 9.13. The zero-order valence-electron chi connectivity index (χ0n) is 22.5. The summed E-state index contributed by atoms with van der Waals surface area (Å²) < 4.78 is 29.4. The molecule has 214 valence electrons. The maximum Gasteiger partial charge on any atom is 0.264 e. The number of halogens is 3. The van der Waals surface area contributed by atoms with Gasteiger partial charge in [-0.1, -0.05) is 90.2 Å². The molecular formula is C29H32BrCl2N3O4S. The average molecular weight is 669 g/mol. The smallest absolute Gasteiger partial charge is 0.264 e. The molecule has 0 aliphatic rings. The Balaban J connectivity index is 2.05. The quantitative estimate of drug-likeness (QED) is 0.238. The molecule has 3 rings (SSSR count). The summed E-state index contributed by atoms with van der Waals surface area (Å²) in [7, 11) is -4.13. The van der Waals surface area contributed by atoms with Crippen LogP contribution >= 0.6 is 39.1 Å². The number of sulfonamides is 1. The van der Waals surface area contributed by atoms with Crippen molar-refractivity contribution in [1.29, 1.82) is 0 Å². The molecule has 0 unspecified atom stereocenters. The predicted octanol–water partition coefficient (Wildman–Crippen LogP) is 6.53. The Bertz CT molecular complexity index is 1440. The van der Waals surface area contributed by atoms with Crippen molar-refractivity contribution in [2.45, 2.75) is 44.7 Å². The van der Waals surface area contributed by atoms with Crippen molar-refractivity contribution >= 4 is 66.7 Å². The van der Waals surface area contributed by atoms with Crippen LogP contribution in [-0.4, -0.2) is 44.3 Å². The van der Waals surface area contributed by atoms with Gasteiger partial charge < -0.3 is 10.2 Å². The molecule has 0 aromatic heterocycles. The normalized spacial score (nSPS) is 12.2. The fourth-order valence-corrected chi connectivity index (χ4v) is 6.19. The van der Waals surface area contributed by atoms with Crippen molar-refractivity contribution in [3.05, 3.63) is 92.9 Å². The van der Waals surface area contributed by atoms with Gasteiger partial charge in [0.05, 0.1) is 20.6 Å². The van der Waals surface area contributed by atoms with Crippen LogP contribution in [0.2, 0.25) is 10.0 Å². The van der Waals surface area contributed by atoms with E-state index in [9.17, 15) is 18.0 Å². The second-order valence-corrected chi connectivity index (χ2v) is 13.2. The summed E-state index contributed by atoms with van der Waals surface area (Å²) in [4.78, 5) is 28.8. The van der Waals surface area contributed by atoms with Gasteiger partial charge in [-0.2, -0.15) is 0 Å². The van der Waals surface area contributed by atoms with Gasteiger partial charge in [-0.05, 0) is 60.4 Å². The molecule has 0 heterocycles. The van der Waals surface area contributed by atoms with E-state index in [2.05, 4.69) is 21.2 Å². The monoisotopic (exact) mass is 667 g/mol. The van der Waals surface area contributed by atoms with Crippen LogP contribution in [0.3, 0.4) is 0 Å². The van der Waals surface area contributed by atoms with Gasteiger partial charge in [0.15, 0.2) is 0 Å². The van der Waals surface area contributed by atoms with Crippen LogP contribution in [0.25, 0.3) is 0 Å². The lowest BCUT2D eigenvalue weighted by atomic mass is 10.1. The Morgan fingerprint density at radius 2 is 1.65 bits per heavy atom. The van der Waals surface area contributed by atoms with Crippen LogP contribution < -0.4 is 9.62 Å². The van der Waals surface area contributed by atoms with E-state index in [1.165, 1.54) is 17.0 Å². The highest BCUT2D eigenvalue weighted by Gasteiger charge is 2.33. The van der Waals surface area contributed by atoms with Crippen LogP contribution in [0.5, 0.6) is 0 Å². The summed E-state index contributed by atoms with van der Waals surface area (Å²) in [5.74, 6) is -0.648. The maximum absolute atomic E-state index is 14.1. The van der Waals surface area contributed by atoms with E-state index in [1.54, 1.807) is 60.7 Å². The lowest BCUT2D eigenvalue weighted by Gasteiger charge is -2.33. The summed E-state index contributed by atoms with van der Waals surface area (Å²) in [6, 6.07) is 18.8. The zero-order chi connectivity index (χ0) is 29.4. The maximum atomic E-state index is 14.1. The molecule has 0 aliphatic heterocycles. The van der Waals surface area contributed by atoms with Gasteiger partial charge in [0, 0.05) is 17.6 Å². The second kappa shape index (κ2) is 14.3. The van der Waals surface area contributed by atoms with Gasteiger partial charge in [0.1, 0.15) is 12.6 Å². The van der Waals surface area contributed by atoms with Gasteiger partial charge in [-0.3, -0.25) is 13.9 Å². The number of benzene rings is 3.